The Morgan fingerprint density at radius 1 is 1.06 bits per heavy atom. The Morgan fingerprint density at radius 2 is 1.78 bits per heavy atom. The Balaban J connectivity index is 2.27. The van der Waals surface area contributed by atoms with Gasteiger partial charge in [-0.05, 0) is 29.3 Å². The maximum absolute atomic E-state index is 5.91. The van der Waals surface area contributed by atoms with Crippen LogP contribution in [0.15, 0.2) is 29.6 Å². The molecular formula is C12H7Cl2N3S. The van der Waals surface area contributed by atoms with E-state index in [1.807, 2.05) is 29.6 Å². The van der Waals surface area contributed by atoms with Gasteiger partial charge in [0.2, 0.25) is 5.28 Å². The molecule has 18 heavy (non-hydrogen) atoms. The van der Waals surface area contributed by atoms with Gasteiger partial charge >= 0.3 is 0 Å². The fourth-order valence-corrected chi connectivity index (χ4v) is 3.09. The van der Waals surface area contributed by atoms with Gasteiger partial charge in [-0.15, -0.1) is 11.3 Å². The largest absolute Gasteiger partial charge is 0.383 e. The Hall–Kier alpha value is -1.36. The van der Waals surface area contributed by atoms with Crippen molar-refractivity contribution in [2.45, 2.75) is 0 Å². The molecule has 0 saturated carbocycles. The standard InChI is InChI=1S/C12H7Cl2N3S/c13-7-3-1-6(2-4-7)8-5-18-11-9(8)10(15)16-12(14)17-11/h1-5H,(H2,15,16,17). The molecule has 0 atom stereocenters. The Labute approximate surface area is 117 Å². The summed E-state index contributed by atoms with van der Waals surface area (Å²) in [7, 11) is 0. The maximum atomic E-state index is 5.91. The molecule has 0 spiro atoms. The number of hydrogen-bond acceptors (Lipinski definition) is 4. The van der Waals surface area contributed by atoms with Crippen LogP contribution < -0.4 is 5.73 Å². The van der Waals surface area contributed by atoms with Crippen LogP contribution in [-0.4, -0.2) is 9.97 Å². The number of fused-ring (bicyclic) bond motifs is 1. The summed E-state index contributed by atoms with van der Waals surface area (Å²) in [5.74, 6) is 0.399. The quantitative estimate of drug-likeness (QED) is 0.683. The minimum Gasteiger partial charge on any atom is -0.383 e. The molecule has 1 aromatic carbocycles. The summed E-state index contributed by atoms with van der Waals surface area (Å²) in [5.41, 5.74) is 7.95. The van der Waals surface area contributed by atoms with Gasteiger partial charge in [-0.3, -0.25) is 0 Å². The van der Waals surface area contributed by atoms with E-state index in [2.05, 4.69) is 9.97 Å². The topological polar surface area (TPSA) is 51.8 Å². The van der Waals surface area contributed by atoms with E-state index in [4.69, 9.17) is 28.9 Å². The van der Waals surface area contributed by atoms with Crippen LogP contribution in [0.4, 0.5) is 5.82 Å². The zero-order valence-electron chi connectivity index (χ0n) is 9.02. The number of rotatable bonds is 1. The lowest BCUT2D eigenvalue weighted by atomic mass is 10.1. The minimum atomic E-state index is 0.171. The van der Waals surface area contributed by atoms with Gasteiger partial charge in [-0.1, -0.05) is 23.7 Å². The molecule has 0 amide bonds. The van der Waals surface area contributed by atoms with Crippen LogP contribution in [0, 0.1) is 0 Å². The van der Waals surface area contributed by atoms with E-state index in [-0.39, 0.29) is 5.28 Å². The minimum absolute atomic E-state index is 0.171. The van der Waals surface area contributed by atoms with Crippen molar-refractivity contribution >= 4 is 50.6 Å². The van der Waals surface area contributed by atoms with Gasteiger partial charge in [0.15, 0.2) is 0 Å². The summed E-state index contributed by atoms with van der Waals surface area (Å²) >= 11 is 13.2. The van der Waals surface area contributed by atoms with E-state index in [0.29, 0.717) is 10.8 Å². The molecule has 0 bridgehead atoms. The van der Waals surface area contributed by atoms with Crippen LogP contribution in [0.5, 0.6) is 0 Å². The second-order valence-corrected chi connectivity index (χ2v) is 5.35. The number of aromatic nitrogens is 2. The molecule has 3 aromatic rings. The van der Waals surface area contributed by atoms with E-state index in [1.165, 1.54) is 11.3 Å². The van der Waals surface area contributed by atoms with Crippen LogP contribution in [0.2, 0.25) is 10.3 Å². The zero-order chi connectivity index (χ0) is 12.7. The summed E-state index contributed by atoms with van der Waals surface area (Å²) in [6.45, 7) is 0. The summed E-state index contributed by atoms with van der Waals surface area (Å²) in [4.78, 5) is 8.95. The van der Waals surface area contributed by atoms with Gasteiger partial charge in [0.25, 0.3) is 0 Å². The summed E-state index contributed by atoms with van der Waals surface area (Å²) in [6.07, 6.45) is 0. The number of nitrogens with two attached hydrogens (primary N) is 1. The first-order valence-electron chi connectivity index (χ1n) is 5.11. The van der Waals surface area contributed by atoms with Gasteiger partial charge in [0, 0.05) is 16.0 Å². The summed E-state index contributed by atoms with van der Waals surface area (Å²) < 4.78 is 0. The smallest absolute Gasteiger partial charge is 0.225 e. The first-order chi connectivity index (χ1) is 8.65. The fourth-order valence-electron chi connectivity index (χ4n) is 1.78. The summed E-state index contributed by atoms with van der Waals surface area (Å²) in [5, 5.41) is 3.71. The number of benzene rings is 1. The molecule has 2 aromatic heterocycles. The van der Waals surface area contributed by atoms with Crippen LogP contribution in [0.25, 0.3) is 21.3 Å². The molecule has 3 nitrogen and oxygen atoms in total. The molecule has 2 heterocycles. The lowest BCUT2D eigenvalue weighted by molar-refractivity contribution is 1.24. The first-order valence-corrected chi connectivity index (χ1v) is 6.75. The van der Waals surface area contributed by atoms with Gasteiger partial charge in [-0.2, -0.15) is 0 Å². The molecule has 0 aliphatic carbocycles. The van der Waals surface area contributed by atoms with Crippen molar-refractivity contribution in [1.82, 2.24) is 9.97 Å². The third-order valence-electron chi connectivity index (χ3n) is 2.59. The third-order valence-corrected chi connectivity index (χ3v) is 3.88. The second-order valence-electron chi connectivity index (χ2n) is 3.71. The van der Waals surface area contributed by atoms with E-state index >= 15 is 0 Å². The highest BCUT2D eigenvalue weighted by atomic mass is 35.5. The Bertz CT molecular complexity index is 722. The predicted molar refractivity (Wildman–Crippen MR) is 77.3 cm³/mol. The van der Waals surface area contributed by atoms with Crippen LogP contribution in [-0.2, 0) is 0 Å². The van der Waals surface area contributed by atoms with Crippen molar-refractivity contribution < 1.29 is 0 Å². The molecule has 90 valence electrons. The van der Waals surface area contributed by atoms with Crippen molar-refractivity contribution in [3.63, 3.8) is 0 Å². The second kappa shape index (κ2) is 4.39. The Morgan fingerprint density at radius 3 is 2.50 bits per heavy atom. The normalized spacial score (nSPS) is 11.0. The number of nitrogens with zero attached hydrogens (tertiary/aromatic N) is 2. The monoisotopic (exact) mass is 295 g/mol. The van der Waals surface area contributed by atoms with Crippen molar-refractivity contribution in [3.8, 4) is 11.1 Å². The molecule has 0 radical (unpaired) electrons. The van der Waals surface area contributed by atoms with E-state index < -0.39 is 0 Å². The van der Waals surface area contributed by atoms with E-state index in [1.54, 1.807) is 0 Å². The highest BCUT2D eigenvalue weighted by Crippen LogP contribution is 2.36. The van der Waals surface area contributed by atoms with Gasteiger partial charge < -0.3 is 5.73 Å². The predicted octanol–water partition coefficient (Wildman–Crippen LogP) is 4.25. The fraction of sp³-hybridized carbons (Fsp3) is 0. The SMILES string of the molecule is Nc1nc(Cl)nc2scc(-c3ccc(Cl)cc3)c12. The highest BCUT2D eigenvalue weighted by Gasteiger charge is 2.12. The Kier molecular flexibility index (Phi) is 2.86. The van der Waals surface area contributed by atoms with Crippen molar-refractivity contribution in [1.29, 1.82) is 0 Å². The van der Waals surface area contributed by atoms with Gasteiger partial charge in [-0.25, -0.2) is 9.97 Å². The van der Waals surface area contributed by atoms with Crippen LogP contribution >= 0.6 is 34.5 Å². The van der Waals surface area contributed by atoms with Crippen LogP contribution in [0.3, 0.4) is 0 Å². The lowest BCUT2D eigenvalue weighted by Crippen LogP contribution is -1.93. The number of hydrogen-bond donors (Lipinski definition) is 1. The van der Waals surface area contributed by atoms with Crippen molar-refractivity contribution in [2.24, 2.45) is 0 Å². The summed E-state index contributed by atoms with van der Waals surface area (Å²) in [6, 6.07) is 7.57. The average Bonchev–Trinajstić information content (AvgIpc) is 2.74. The maximum Gasteiger partial charge on any atom is 0.225 e. The molecule has 0 fully saturated rings. The van der Waals surface area contributed by atoms with E-state index in [0.717, 1.165) is 21.3 Å². The molecule has 6 heteroatoms. The molecule has 0 saturated heterocycles. The molecule has 2 N–H and O–H groups in total. The number of anilines is 1. The number of nitrogen functional groups attached to an aromatic ring is 1. The molecule has 0 aliphatic heterocycles. The molecule has 0 unspecified atom stereocenters. The number of thiophene rings is 1. The molecule has 3 rings (SSSR count). The van der Waals surface area contributed by atoms with Crippen molar-refractivity contribution in [3.05, 3.63) is 40.0 Å². The first kappa shape index (κ1) is 11.7. The third kappa shape index (κ3) is 1.92. The molecular weight excluding hydrogens is 289 g/mol. The van der Waals surface area contributed by atoms with Gasteiger partial charge in [0.05, 0.1) is 5.39 Å². The lowest BCUT2D eigenvalue weighted by Gasteiger charge is -2.02. The van der Waals surface area contributed by atoms with E-state index in [9.17, 15) is 0 Å². The zero-order valence-corrected chi connectivity index (χ0v) is 11.4. The highest BCUT2D eigenvalue weighted by molar-refractivity contribution is 7.17. The van der Waals surface area contributed by atoms with Gasteiger partial charge in [0.1, 0.15) is 10.6 Å². The van der Waals surface area contributed by atoms with Crippen LogP contribution in [0.1, 0.15) is 0 Å². The van der Waals surface area contributed by atoms with Crippen molar-refractivity contribution in [2.75, 3.05) is 5.73 Å². The molecule has 0 aliphatic rings. The average molecular weight is 296 g/mol. The number of halogens is 2.